The maximum Gasteiger partial charge on any atom is 0.124 e. The zero-order valence-corrected chi connectivity index (χ0v) is 13.4. The Morgan fingerprint density at radius 2 is 2.10 bits per heavy atom. The normalized spacial score (nSPS) is 16.5. The first kappa shape index (κ1) is 16.3. The quantitative estimate of drug-likeness (QED) is 0.662. The van der Waals surface area contributed by atoms with Crippen molar-refractivity contribution in [1.82, 2.24) is 5.32 Å². The lowest BCUT2D eigenvalue weighted by Gasteiger charge is -2.27. The second kappa shape index (κ2) is 9.06. The molecule has 1 aromatic carbocycles. The number of hydrogen-bond acceptors (Lipinski definition) is 3. The standard InChI is InChI=1S/C18H29NO2/c1-3-12-19-14-18(21-13-11-15-7-6-8-15)16-9-4-5-10-17(16)20-2/h4-5,9-10,15,18-19H,3,6-8,11-14H2,1-2H3. The van der Waals surface area contributed by atoms with E-state index in [-0.39, 0.29) is 6.10 Å². The molecule has 3 heteroatoms. The molecule has 0 aromatic heterocycles. The van der Waals surface area contributed by atoms with Gasteiger partial charge in [-0.05, 0) is 31.4 Å². The lowest BCUT2D eigenvalue weighted by atomic mass is 9.83. The van der Waals surface area contributed by atoms with E-state index in [1.165, 1.54) is 25.7 Å². The molecular weight excluding hydrogens is 262 g/mol. The van der Waals surface area contributed by atoms with Crippen molar-refractivity contribution in [2.24, 2.45) is 5.92 Å². The average molecular weight is 291 g/mol. The van der Waals surface area contributed by atoms with Crippen LogP contribution in [0.1, 0.15) is 50.7 Å². The fourth-order valence-corrected chi connectivity index (χ4v) is 2.76. The maximum absolute atomic E-state index is 6.18. The minimum Gasteiger partial charge on any atom is -0.496 e. The number of rotatable bonds is 10. The van der Waals surface area contributed by atoms with Gasteiger partial charge in [-0.25, -0.2) is 0 Å². The summed E-state index contributed by atoms with van der Waals surface area (Å²) in [4.78, 5) is 0. The third kappa shape index (κ3) is 5.01. The summed E-state index contributed by atoms with van der Waals surface area (Å²) in [5.74, 6) is 1.82. The van der Waals surface area contributed by atoms with Crippen LogP contribution in [0.2, 0.25) is 0 Å². The van der Waals surface area contributed by atoms with Gasteiger partial charge < -0.3 is 14.8 Å². The average Bonchev–Trinajstić information content (AvgIpc) is 2.48. The van der Waals surface area contributed by atoms with E-state index >= 15 is 0 Å². The summed E-state index contributed by atoms with van der Waals surface area (Å²) < 4.78 is 11.7. The molecule has 1 aromatic rings. The first-order valence-electron chi connectivity index (χ1n) is 8.30. The van der Waals surface area contributed by atoms with Crippen molar-refractivity contribution in [3.05, 3.63) is 29.8 Å². The Morgan fingerprint density at radius 1 is 1.29 bits per heavy atom. The molecule has 118 valence electrons. The fraction of sp³-hybridized carbons (Fsp3) is 0.667. The van der Waals surface area contributed by atoms with Gasteiger partial charge in [-0.15, -0.1) is 0 Å². The molecule has 0 bridgehead atoms. The topological polar surface area (TPSA) is 30.5 Å². The van der Waals surface area contributed by atoms with Crippen molar-refractivity contribution in [2.75, 3.05) is 26.8 Å². The first-order chi connectivity index (χ1) is 10.3. The molecule has 1 N–H and O–H groups in total. The highest BCUT2D eigenvalue weighted by Crippen LogP contribution is 2.31. The highest BCUT2D eigenvalue weighted by Gasteiger charge is 2.20. The van der Waals surface area contributed by atoms with Gasteiger partial charge in [0.15, 0.2) is 0 Å². The van der Waals surface area contributed by atoms with Crippen molar-refractivity contribution < 1.29 is 9.47 Å². The largest absolute Gasteiger partial charge is 0.496 e. The third-order valence-electron chi connectivity index (χ3n) is 4.31. The van der Waals surface area contributed by atoms with Crippen molar-refractivity contribution >= 4 is 0 Å². The molecule has 1 unspecified atom stereocenters. The Labute approximate surface area is 129 Å². The molecule has 3 nitrogen and oxygen atoms in total. The summed E-state index contributed by atoms with van der Waals surface area (Å²) in [5, 5.41) is 3.47. The van der Waals surface area contributed by atoms with Crippen molar-refractivity contribution in [2.45, 2.75) is 45.1 Å². The van der Waals surface area contributed by atoms with Crippen molar-refractivity contribution in [1.29, 1.82) is 0 Å². The van der Waals surface area contributed by atoms with Gasteiger partial charge in [0.2, 0.25) is 0 Å². The van der Waals surface area contributed by atoms with Crippen LogP contribution in [0.3, 0.4) is 0 Å². The first-order valence-corrected chi connectivity index (χ1v) is 8.30. The van der Waals surface area contributed by atoms with Crippen LogP contribution in [0.25, 0.3) is 0 Å². The van der Waals surface area contributed by atoms with Crippen LogP contribution in [-0.2, 0) is 4.74 Å². The second-order valence-corrected chi connectivity index (χ2v) is 5.89. The van der Waals surface area contributed by atoms with E-state index < -0.39 is 0 Å². The highest BCUT2D eigenvalue weighted by molar-refractivity contribution is 5.35. The van der Waals surface area contributed by atoms with E-state index in [0.717, 1.165) is 43.3 Å². The molecule has 0 spiro atoms. The number of hydrogen-bond donors (Lipinski definition) is 1. The minimum absolute atomic E-state index is 0.0766. The molecule has 0 saturated heterocycles. The Morgan fingerprint density at radius 3 is 2.76 bits per heavy atom. The van der Waals surface area contributed by atoms with Gasteiger partial charge in [0.1, 0.15) is 5.75 Å². The zero-order chi connectivity index (χ0) is 14.9. The molecule has 0 radical (unpaired) electrons. The van der Waals surface area contributed by atoms with E-state index in [1.807, 2.05) is 12.1 Å². The summed E-state index contributed by atoms with van der Waals surface area (Å²) in [6, 6.07) is 8.19. The number of nitrogens with one attached hydrogen (secondary N) is 1. The van der Waals surface area contributed by atoms with E-state index in [9.17, 15) is 0 Å². The Balaban J connectivity index is 1.92. The Kier molecular flexibility index (Phi) is 7.04. The Bertz CT molecular complexity index is 404. The summed E-state index contributed by atoms with van der Waals surface area (Å²) in [7, 11) is 1.73. The summed E-state index contributed by atoms with van der Waals surface area (Å²) in [5.41, 5.74) is 1.15. The van der Waals surface area contributed by atoms with E-state index in [2.05, 4.69) is 24.4 Å². The van der Waals surface area contributed by atoms with Crippen LogP contribution in [0.15, 0.2) is 24.3 Å². The SMILES string of the molecule is CCCNCC(OCCC1CCC1)c1ccccc1OC. The summed E-state index contributed by atoms with van der Waals surface area (Å²) in [6.07, 6.45) is 6.58. The van der Waals surface area contributed by atoms with Crippen LogP contribution >= 0.6 is 0 Å². The van der Waals surface area contributed by atoms with Crippen molar-refractivity contribution in [3.63, 3.8) is 0 Å². The van der Waals surface area contributed by atoms with Crippen molar-refractivity contribution in [3.8, 4) is 5.75 Å². The predicted molar refractivity (Wildman–Crippen MR) is 86.8 cm³/mol. The molecule has 1 saturated carbocycles. The van der Waals surface area contributed by atoms with E-state index in [1.54, 1.807) is 7.11 Å². The molecule has 1 fully saturated rings. The second-order valence-electron chi connectivity index (χ2n) is 5.89. The van der Waals surface area contributed by atoms with Gasteiger partial charge in [0.25, 0.3) is 0 Å². The number of benzene rings is 1. The zero-order valence-electron chi connectivity index (χ0n) is 13.4. The molecule has 1 atom stereocenters. The van der Waals surface area contributed by atoms with E-state index in [4.69, 9.17) is 9.47 Å². The van der Waals surface area contributed by atoms with Crippen LogP contribution in [0, 0.1) is 5.92 Å². The molecule has 2 rings (SSSR count). The molecule has 0 amide bonds. The van der Waals surface area contributed by atoms with Gasteiger partial charge in [-0.3, -0.25) is 0 Å². The Hall–Kier alpha value is -1.06. The van der Waals surface area contributed by atoms with Crippen LogP contribution in [0.5, 0.6) is 5.75 Å². The maximum atomic E-state index is 6.18. The third-order valence-corrected chi connectivity index (χ3v) is 4.31. The lowest BCUT2D eigenvalue weighted by Crippen LogP contribution is -2.25. The molecule has 0 heterocycles. The van der Waals surface area contributed by atoms with Crippen LogP contribution < -0.4 is 10.1 Å². The lowest BCUT2D eigenvalue weighted by molar-refractivity contribution is 0.0359. The minimum atomic E-state index is 0.0766. The van der Waals surface area contributed by atoms with Gasteiger partial charge in [-0.1, -0.05) is 44.4 Å². The summed E-state index contributed by atoms with van der Waals surface area (Å²) in [6.45, 7) is 4.90. The monoisotopic (exact) mass is 291 g/mol. The van der Waals surface area contributed by atoms with Gasteiger partial charge >= 0.3 is 0 Å². The molecule has 1 aliphatic carbocycles. The van der Waals surface area contributed by atoms with Gasteiger partial charge in [0, 0.05) is 18.7 Å². The van der Waals surface area contributed by atoms with Crippen LogP contribution in [-0.4, -0.2) is 26.8 Å². The highest BCUT2D eigenvalue weighted by atomic mass is 16.5. The van der Waals surface area contributed by atoms with Crippen LogP contribution in [0.4, 0.5) is 0 Å². The van der Waals surface area contributed by atoms with Gasteiger partial charge in [-0.2, -0.15) is 0 Å². The molecular formula is C18H29NO2. The number of methoxy groups -OCH3 is 1. The smallest absolute Gasteiger partial charge is 0.124 e. The fourth-order valence-electron chi connectivity index (χ4n) is 2.76. The molecule has 0 aliphatic heterocycles. The summed E-state index contributed by atoms with van der Waals surface area (Å²) >= 11 is 0. The molecule has 1 aliphatic rings. The predicted octanol–water partition coefficient (Wildman–Crippen LogP) is 3.94. The molecule has 21 heavy (non-hydrogen) atoms. The van der Waals surface area contributed by atoms with E-state index in [0.29, 0.717) is 0 Å². The number of para-hydroxylation sites is 1. The van der Waals surface area contributed by atoms with Gasteiger partial charge in [0.05, 0.1) is 13.2 Å². The number of ether oxygens (including phenoxy) is 2.